The molecule has 1 N–H and O–H groups in total. The summed E-state index contributed by atoms with van der Waals surface area (Å²) >= 11 is 0. The summed E-state index contributed by atoms with van der Waals surface area (Å²) in [6.45, 7) is 0.0273. The fourth-order valence-corrected chi connectivity index (χ4v) is 3.04. The Morgan fingerprint density at radius 3 is 2.85 bits per heavy atom. The Bertz CT molecular complexity index is 579. The van der Waals surface area contributed by atoms with E-state index in [2.05, 4.69) is 5.16 Å². The van der Waals surface area contributed by atoms with E-state index in [1.54, 1.807) is 0 Å². The number of ether oxygens (including phenoxy) is 1. The minimum absolute atomic E-state index is 0.0273. The number of nitrogens with zero attached hydrogens (tertiary/aromatic N) is 1. The first-order valence-electron chi connectivity index (χ1n) is 6.54. The molecule has 112 valence electrons. The van der Waals surface area contributed by atoms with Crippen molar-refractivity contribution in [2.24, 2.45) is 0 Å². The van der Waals surface area contributed by atoms with Gasteiger partial charge < -0.3 is 9.26 Å². The summed E-state index contributed by atoms with van der Waals surface area (Å²) in [5, 5.41) is 3.72. The van der Waals surface area contributed by atoms with Crippen LogP contribution in [-0.2, 0) is 27.6 Å². The minimum atomic E-state index is -3.71. The van der Waals surface area contributed by atoms with E-state index < -0.39 is 15.9 Å². The Balaban J connectivity index is 2.12. The van der Waals surface area contributed by atoms with E-state index in [1.165, 1.54) is 7.11 Å². The molecule has 0 atom stereocenters. The average Bonchev–Trinajstić information content (AvgIpc) is 2.65. The highest BCUT2D eigenvalue weighted by Gasteiger charge is 2.25. The summed E-state index contributed by atoms with van der Waals surface area (Å²) in [4.78, 5) is 12.0. The van der Waals surface area contributed by atoms with Gasteiger partial charge in [-0.3, -0.25) is 4.79 Å². The van der Waals surface area contributed by atoms with Crippen LogP contribution in [0.15, 0.2) is 4.52 Å². The number of methoxy groups -OCH3 is 1. The predicted octanol–water partition coefficient (Wildman–Crippen LogP) is 0.649. The lowest BCUT2D eigenvalue weighted by Gasteiger charge is -2.05. The largest absolute Gasteiger partial charge is 0.384 e. The minimum Gasteiger partial charge on any atom is -0.384 e. The molecule has 7 nitrogen and oxygen atoms in total. The SMILES string of the molecule is COCCS(=O)(=O)NC(=O)c1noc2c1CCCCC2. The third kappa shape index (κ3) is 3.57. The lowest BCUT2D eigenvalue weighted by molar-refractivity contribution is 0.0971. The monoisotopic (exact) mass is 302 g/mol. The van der Waals surface area contributed by atoms with Crippen LogP contribution in [0.25, 0.3) is 0 Å². The number of carbonyl (C=O) groups excluding carboxylic acids is 1. The van der Waals surface area contributed by atoms with Gasteiger partial charge in [-0.2, -0.15) is 0 Å². The highest BCUT2D eigenvalue weighted by Crippen LogP contribution is 2.23. The molecule has 20 heavy (non-hydrogen) atoms. The summed E-state index contributed by atoms with van der Waals surface area (Å²) in [6.07, 6.45) is 4.45. The van der Waals surface area contributed by atoms with Crippen molar-refractivity contribution < 1.29 is 22.5 Å². The maximum Gasteiger partial charge on any atom is 0.287 e. The van der Waals surface area contributed by atoms with E-state index in [0.717, 1.165) is 31.2 Å². The molecule has 0 aromatic carbocycles. The third-order valence-electron chi connectivity index (χ3n) is 3.22. The Kier molecular flexibility index (Phi) is 4.77. The number of aromatic nitrogens is 1. The van der Waals surface area contributed by atoms with Gasteiger partial charge in [-0.25, -0.2) is 13.1 Å². The fraction of sp³-hybridized carbons (Fsp3) is 0.667. The molecule has 1 aromatic heterocycles. The lowest BCUT2D eigenvalue weighted by Crippen LogP contribution is -2.34. The van der Waals surface area contributed by atoms with E-state index in [1.807, 2.05) is 4.72 Å². The van der Waals surface area contributed by atoms with E-state index in [9.17, 15) is 13.2 Å². The Labute approximate surface area is 117 Å². The molecule has 0 unspecified atom stereocenters. The van der Waals surface area contributed by atoms with Gasteiger partial charge in [0, 0.05) is 19.1 Å². The standard InChI is InChI=1S/C12H18N2O5S/c1-18-7-8-20(16,17)14-12(15)11-9-5-3-2-4-6-10(9)19-13-11/h2-8H2,1H3,(H,14,15). The molecule has 0 saturated heterocycles. The van der Waals surface area contributed by atoms with Gasteiger partial charge in [0.25, 0.3) is 5.91 Å². The maximum atomic E-state index is 12.0. The van der Waals surface area contributed by atoms with E-state index in [4.69, 9.17) is 9.26 Å². The van der Waals surface area contributed by atoms with Gasteiger partial charge in [-0.15, -0.1) is 0 Å². The second-order valence-electron chi connectivity index (χ2n) is 4.74. The maximum absolute atomic E-state index is 12.0. The molecule has 1 amide bonds. The van der Waals surface area contributed by atoms with Crippen molar-refractivity contribution in [1.29, 1.82) is 0 Å². The molecule has 0 aliphatic heterocycles. The second kappa shape index (κ2) is 6.36. The van der Waals surface area contributed by atoms with Crippen molar-refractivity contribution in [1.82, 2.24) is 9.88 Å². The topological polar surface area (TPSA) is 98.5 Å². The first-order valence-corrected chi connectivity index (χ1v) is 8.20. The molecule has 1 aromatic rings. The van der Waals surface area contributed by atoms with Crippen molar-refractivity contribution in [3.8, 4) is 0 Å². The summed E-state index contributed by atoms with van der Waals surface area (Å²) in [6, 6.07) is 0. The van der Waals surface area contributed by atoms with Crippen LogP contribution in [0.3, 0.4) is 0 Å². The average molecular weight is 302 g/mol. The summed E-state index contributed by atoms with van der Waals surface area (Å²) in [5.41, 5.74) is 0.824. The highest BCUT2D eigenvalue weighted by atomic mass is 32.2. The smallest absolute Gasteiger partial charge is 0.287 e. The molecule has 0 spiro atoms. The fourth-order valence-electron chi connectivity index (χ4n) is 2.17. The summed E-state index contributed by atoms with van der Waals surface area (Å²) in [5.74, 6) is -0.301. The molecular formula is C12H18N2O5S. The van der Waals surface area contributed by atoms with Gasteiger partial charge in [-0.05, 0) is 19.3 Å². The lowest BCUT2D eigenvalue weighted by atomic mass is 10.1. The Morgan fingerprint density at radius 1 is 1.35 bits per heavy atom. The predicted molar refractivity (Wildman–Crippen MR) is 70.9 cm³/mol. The van der Waals surface area contributed by atoms with Gasteiger partial charge in [0.2, 0.25) is 10.0 Å². The zero-order valence-electron chi connectivity index (χ0n) is 11.3. The molecule has 0 bridgehead atoms. The van der Waals surface area contributed by atoms with E-state index in [-0.39, 0.29) is 18.1 Å². The van der Waals surface area contributed by atoms with Crippen molar-refractivity contribution in [3.05, 3.63) is 17.0 Å². The van der Waals surface area contributed by atoms with E-state index >= 15 is 0 Å². The molecule has 0 radical (unpaired) electrons. The Morgan fingerprint density at radius 2 is 2.10 bits per heavy atom. The first-order chi connectivity index (χ1) is 9.53. The summed E-state index contributed by atoms with van der Waals surface area (Å²) < 4.78 is 35.2. The van der Waals surface area contributed by atoms with Crippen molar-refractivity contribution in [2.45, 2.75) is 32.1 Å². The second-order valence-corrected chi connectivity index (χ2v) is 6.58. The normalized spacial score (nSPS) is 15.4. The molecule has 1 heterocycles. The van der Waals surface area contributed by atoms with Crippen LogP contribution < -0.4 is 4.72 Å². The molecule has 2 rings (SSSR count). The number of hydrogen-bond donors (Lipinski definition) is 1. The van der Waals surface area contributed by atoms with Gasteiger partial charge in [0.05, 0.1) is 12.4 Å². The molecular weight excluding hydrogens is 284 g/mol. The van der Waals surface area contributed by atoms with Gasteiger partial charge in [-0.1, -0.05) is 11.6 Å². The van der Waals surface area contributed by atoms with Crippen LogP contribution in [-0.4, -0.2) is 39.0 Å². The van der Waals surface area contributed by atoms with Gasteiger partial charge >= 0.3 is 0 Å². The van der Waals surface area contributed by atoms with E-state index in [0.29, 0.717) is 12.2 Å². The van der Waals surface area contributed by atoms with Crippen molar-refractivity contribution >= 4 is 15.9 Å². The van der Waals surface area contributed by atoms with Crippen molar-refractivity contribution in [2.75, 3.05) is 19.5 Å². The highest BCUT2D eigenvalue weighted by molar-refractivity contribution is 7.90. The zero-order chi connectivity index (χ0) is 14.6. The van der Waals surface area contributed by atoms with Crippen LogP contribution in [0.5, 0.6) is 0 Å². The molecule has 0 saturated carbocycles. The number of aryl methyl sites for hydroxylation is 1. The number of rotatable bonds is 5. The van der Waals surface area contributed by atoms with Crippen LogP contribution in [0, 0.1) is 0 Å². The molecule has 0 fully saturated rings. The van der Waals surface area contributed by atoms with Crippen LogP contribution in [0.1, 0.15) is 41.1 Å². The van der Waals surface area contributed by atoms with Gasteiger partial charge in [0.1, 0.15) is 5.76 Å². The number of hydrogen-bond acceptors (Lipinski definition) is 6. The van der Waals surface area contributed by atoms with Crippen LogP contribution in [0.4, 0.5) is 0 Å². The molecule has 8 heteroatoms. The third-order valence-corrected chi connectivity index (χ3v) is 4.42. The number of fused-ring (bicyclic) bond motifs is 1. The molecule has 1 aliphatic rings. The number of sulfonamides is 1. The number of amides is 1. The van der Waals surface area contributed by atoms with Crippen LogP contribution >= 0.6 is 0 Å². The number of nitrogens with one attached hydrogen (secondary N) is 1. The van der Waals surface area contributed by atoms with Crippen LogP contribution in [0.2, 0.25) is 0 Å². The summed E-state index contributed by atoms with van der Waals surface area (Å²) in [7, 11) is -2.31. The Hall–Kier alpha value is -1.41. The van der Waals surface area contributed by atoms with Gasteiger partial charge in [0.15, 0.2) is 5.69 Å². The zero-order valence-corrected chi connectivity index (χ0v) is 12.2. The van der Waals surface area contributed by atoms with Crippen molar-refractivity contribution in [3.63, 3.8) is 0 Å². The number of carbonyl (C=O) groups is 1. The molecule has 1 aliphatic carbocycles. The first kappa shape index (κ1) is 15.0. The quantitative estimate of drug-likeness (QED) is 0.802.